The van der Waals surface area contributed by atoms with Gasteiger partial charge in [-0.2, -0.15) is 0 Å². The maximum atomic E-state index is 10.7. The van der Waals surface area contributed by atoms with Gasteiger partial charge in [0.05, 0.1) is 11.9 Å². The Bertz CT molecular complexity index is 468. The van der Waals surface area contributed by atoms with Crippen molar-refractivity contribution < 1.29 is 24.0 Å². The van der Waals surface area contributed by atoms with Crippen LogP contribution in [0.5, 0.6) is 0 Å². The van der Waals surface area contributed by atoms with Crippen molar-refractivity contribution in [1.82, 2.24) is 0 Å². The summed E-state index contributed by atoms with van der Waals surface area (Å²) in [4.78, 5) is 21.1. The lowest BCUT2D eigenvalue weighted by molar-refractivity contribution is -0.0898. The molecular weight excluding hydrogens is 221 g/mol. The molecule has 0 aromatic heterocycles. The standard InChI is InChI=1S/C8H8NO5P/c10-8(14-15(11,12)13)5-9-7-4-2-1-3-6(7)8/h1-5,10H,(H2,11,12,13). The zero-order chi connectivity index (χ0) is 11.1. The molecule has 15 heavy (non-hydrogen) atoms. The number of fused-ring (bicyclic) bond motifs is 1. The Morgan fingerprint density at radius 2 is 2.00 bits per heavy atom. The third-order valence-electron chi connectivity index (χ3n) is 1.93. The highest BCUT2D eigenvalue weighted by atomic mass is 31.2. The quantitative estimate of drug-likeness (QED) is 0.511. The van der Waals surface area contributed by atoms with E-state index in [-0.39, 0.29) is 5.56 Å². The van der Waals surface area contributed by atoms with E-state index in [0.29, 0.717) is 5.69 Å². The number of hydrogen-bond donors (Lipinski definition) is 3. The van der Waals surface area contributed by atoms with Gasteiger partial charge >= 0.3 is 7.82 Å². The van der Waals surface area contributed by atoms with Crippen LogP contribution in [0, 0.1) is 0 Å². The number of aliphatic hydroxyl groups is 1. The molecule has 1 atom stereocenters. The Morgan fingerprint density at radius 3 is 2.67 bits per heavy atom. The summed E-state index contributed by atoms with van der Waals surface area (Å²) in [6, 6.07) is 6.39. The second-order valence-corrected chi connectivity index (χ2v) is 4.22. The Hall–Kier alpha value is -1.04. The van der Waals surface area contributed by atoms with Crippen molar-refractivity contribution in [2.45, 2.75) is 5.79 Å². The fourth-order valence-electron chi connectivity index (χ4n) is 1.37. The lowest BCUT2D eigenvalue weighted by Gasteiger charge is -2.21. The van der Waals surface area contributed by atoms with E-state index in [4.69, 9.17) is 9.79 Å². The normalized spacial score (nSPS) is 24.2. The summed E-state index contributed by atoms with van der Waals surface area (Å²) in [6.07, 6.45) is 0.955. The molecule has 3 N–H and O–H groups in total. The summed E-state index contributed by atoms with van der Waals surface area (Å²) in [5.74, 6) is -2.14. The first kappa shape index (κ1) is 10.5. The molecule has 0 radical (unpaired) electrons. The molecule has 1 aliphatic rings. The van der Waals surface area contributed by atoms with Crippen LogP contribution in [-0.2, 0) is 14.9 Å². The van der Waals surface area contributed by atoms with Gasteiger partial charge in [0.2, 0.25) is 5.79 Å². The Morgan fingerprint density at radius 1 is 1.33 bits per heavy atom. The van der Waals surface area contributed by atoms with E-state index >= 15 is 0 Å². The lowest BCUT2D eigenvalue weighted by atomic mass is 10.1. The van der Waals surface area contributed by atoms with Gasteiger partial charge in [0.1, 0.15) is 0 Å². The minimum atomic E-state index is -4.78. The monoisotopic (exact) mass is 229 g/mol. The molecule has 1 aromatic rings. The number of phosphoric ester groups is 1. The van der Waals surface area contributed by atoms with Gasteiger partial charge in [0, 0.05) is 5.56 Å². The van der Waals surface area contributed by atoms with Crippen molar-refractivity contribution in [2.75, 3.05) is 0 Å². The second-order valence-electron chi connectivity index (χ2n) is 3.05. The zero-order valence-electron chi connectivity index (χ0n) is 7.44. The molecule has 7 heteroatoms. The van der Waals surface area contributed by atoms with Crippen LogP contribution in [0.2, 0.25) is 0 Å². The smallest absolute Gasteiger partial charge is 0.357 e. The van der Waals surface area contributed by atoms with Crippen LogP contribution in [-0.4, -0.2) is 21.1 Å². The van der Waals surface area contributed by atoms with E-state index in [0.717, 1.165) is 6.21 Å². The van der Waals surface area contributed by atoms with Crippen molar-refractivity contribution in [2.24, 2.45) is 4.99 Å². The molecule has 0 saturated heterocycles. The largest absolute Gasteiger partial charge is 0.472 e. The average molecular weight is 229 g/mol. The maximum absolute atomic E-state index is 10.7. The molecule has 0 amide bonds. The zero-order valence-corrected chi connectivity index (χ0v) is 8.33. The van der Waals surface area contributed by atoms with Crippen LogP contribution in [0.4, 0.5) is 5.69 Å². The second kappa shape index (κ2) is 3.23. The summed E-state index contributed by atoms with van der Waals surface area (Å²) >= 11 is 0. The fourth-order valence-corrected chi connectivity index (χ4v) is 1.88. The van der Waals surface area contributed by atoms with Gasteiger partial charge in [-0.3, -0.25) is 4.99 Å². The van der Waals surface area contributed by atoms with Gasteiger partial charge in [0.25, 0.3) is 0 Å². The predicted octanol–water partition coefficient (Wildman–Crippen LogP) is 0.657. The van der Waals surface area contributed by atoms with E-state index in [1.54, 1.807) is 18.2 Å². The molecule has 0 saturated carbocycles. The van der Waals surface area contributed by atoms with E-state index in [1.165, 1.54) is 6.07 Å². The van der Waals surface area contributed by atoms with Gasteiger partial charge in [-0.05, 0) is 6.07 Å². The van der Waals surface area contributed by atoms with Crippen LogP contribution in [0.3, 0.4) is 0 Å². The Kier molecular flexibility index (Phi) is 2.26. The molecule has 1 heterocycles. The molecule has 0 bridgehead atoms. The molecule has 0 aliphatic carbocycles. The molecule has 0 spiro atoms. The van der Waals surface area contributed by atoms with Crippen molar-refractivity contribution in [3.8, 4) is 0 Å². The number of para-hydroxylation sites is 1. The molecule has 2 rings (SSSR count). The predicted molar refractivity (Wildman–Crippen MR) is 51.6 cm³/mol. The van der Waals surface area contributed by atoms with Crippen LogP contribution >= 0.6 is 7.82 Å². The van der Waals surface area contributed by atoms with Gasteiger partial charge < -0.3 is 14.9 Å². The summed E-state index contributed by atoms with van der Waals surface area (Å²) in [5, 5.41) is 9.82. The third kappa shape index (κ3) is 1.99. The van der Waals surface area contributed by atoms with Gasteiger partial charge in [-0.1, -0.05) is 18.2 Å². The highest BCUT2D eigenvalue weighted by Gasteiger charge is 2.40. The Labute approximate surface area is 85.1 Å². The van der Waals surface area contributed by atoms with Crippen LogP contribution < -0.4 is 0 Å². The molecular formula is C8H8NO5P. The van der Waals surface area contributed by atoms with Crippen molar-refractivity contribution in [1.29, 1.82) is 0 Å². The van der Waals surface area contributed by atoms with Crippen molar-refractivity contribution in [3.63, 3.8) is 0 Å². The summed E-state index contributed by atoms with van der Waals surface area (Å²) in [5.41, 5.74) is 0.641. The number of aliphatic imine (C=N–C) groups is 1. The lowest BCUT2D eigenvalue weighted by Crippen LogP contribution is -2.27. The first-order chi connectivity index (χ1) is 6.91. The van der Waals surface area contributed by atoms with Gasteiger partial charge in [-0.25, -0.2) is 9.09 Å². The minimum Gasteiger partial charge on any atom is -0.357 e. The first-order valence-corrected chi connectivity index (χ1v) is 5.57. The highest BCUT2D eigenvalue weighted by Crippen LogP contribution is 2.47. The van der Waals surface area contributed by atoms with Gasteiger partial charge in [0.15, 0.2) is 0 Å². The molecule has 6 nitrogen and oxygen atoms in total. The van der Waals surface area contributed by atoms with Crippen molar-refractivity contribution in [3.05, 3.63) is 29.8 Å². The van der Waals surface area contributed by atoms with E-state index in [9.17, 15) is 9.67 Å². The number of nitrogens with zero attached hydrogens (tertiary/aromatic N) is 1. The SMILES string of the molecule is O=P(O)(O)OC1(O)C=Nc2ccccc21. The first-order valence-electron chi connectivity index (χ1n) is 4.04. The molecule has 1 unspecified atom stereocenters. The fraction of sp³-hybridized carbons (Fsp3) is 0.125. The molecule has 1 aliphatic heterocycles. The topological polar surface area (TPSA) is 99.4 Å². The Balaban J connectivity index is 2.41. The van der Waals surface area contributed by atoms with Gasteiger partial charge in [-0.15, -0.1) is 0 Å². The van der Waals surface area contributed by atoms with E-state index in [1.807, 2.05) is 0 Å². The number of benzene rings is 1. The average Bonchev–Trinajstić information content (AvgIpc) is 2.42. The van der Waals surface area contributed by atoms with Crippen LogP contribution in [0.1, 0.15) is 5.56 Å². The van der Waals surface area contributed by atoms with Crippen LogP contribution in [0.25, 0.3) is 0 Å². The summed E-state index contributed by atoms with van der Waals surface area (Å²) in [6.45, 7) is 0. The van der Waals surface area contributed by atoms with Crippen molar-refractivity contribution >= 4 is 19.7 Å². The summed E-state index contributed by atoms with van der Waals surface area (Å²) in [7, 11) is -4.78. The van der Waals surface area contributed by atoms with Crippen LogP contribution in [0.15, 0.2) is 29.3 Å². The van der Waals surface area contributed by atoms with E-state index < -0.39 is 13.6 Å². The maximum Gasteiger partial charge on any atom is 0.472 e. The molecule has 80 valence electrons. The summed E-state index contributed by atoms with van der Waals surface area (Å²) < 4.78 is 14.9. The molecule has 0 fully saturated rings. The highest BCUT2D eigenvalue weighted by molar-refractivity contribution is 7.46. The number of phosphoric acid groups is 1. The molecule has 1 aromatic carbocycles. The minimum absolute atomic E-state index is 0.216. The number of rotatable bonds is 2. The van der Waals surface area contributed by atoms with E-state index in [2.05, 4.69) is 9.52 Å². The third-order valence-corrected chi connectivity index (χ3v) is 2.44. The number of hydrogen-bond acceptors (Lipinski definition) is 4.